The minimum Gasteiger partial charge on any atom is -0.494 e. The van der Waals surface area contributed by atoms with Crippen LogP contribution in [-0.4, -0.2) is 19.7 Å². The van der Waals surface area contributed by atoms with Gasteiger partial charge in [-0.25, -0.2) is 4.39 Å². The van der Waals surface area contributed by atoms with Crippen molar-refractivity contribution in [2.75, 3.05) is 13.7 Å². The van der Waals surface area contributed by atoms with Crippen LogP contribution in [0, 0.1) is 11.7 Å². The van der Waals surface area contributed by atoms with Gasteiger partial charge in [0.25, 0.3) is 0 Å². The van der Waals surface area contributed by atoms with Gasteiger partial charge in [-0.2, -0.15) is 0 Å². The first kappa shape index (κ1) is 14.3. The molecule has 0 radical (unpaired) electrons. The van der Waals surface area contributed by atoms with Crippen LogP contribution >= 0.6 is 0 Å². The number of methoxy groups -OCH3 is 1. The summed E-state index contributed by atoms with van der Waals surface area (Å²) < 4.78 is 19.1. The van der Waals surface area contributed by atoms with Crippen molar-refractivity contribution in [1.82, 2.24) is 5.32 Å². The van der Waals surface area contributed by atoms with Crippen molar-refractivity contribution in [3.63, 3.8) is 0 Å². The number of ether oxygens (including phenoxy) is 1. The molecule has 1 saturated carbocycles. The molecular weight excluding hydrogens is 241 g/mol. The van der Waals surface area contributed by atoms with Crippen LogP contribution in [0.1, 0.15) is 38.2 Å². The number of benzene rings is 1. The Morgan fingerprint density at radius 2 is 2.21 bits per heavy atom. The molecule has 0 amide bonds. The molecule has 19 heavy (non-hydrogen) atoms. The molecule has 0 spiro atoms. The first-order chi connectivity index (χ1) is 9.26. The number of nitrogens with one attached hydrogen (secondary N) is 1. The van der Waals surface area contributed by atoms with Crippen molar-refractivity contribution in [3.05, 3.63) is 29.6 Å². The SMILES string of the molecule is CCCNC(CCc1cccc(OC)c1F)C1CC1. The maximum atomic E-state index is 14.0. The maximum Gasteiger partial charge on any atom is 0.168 e. The van der Waals surface area contributed by atoms with Crippen molar-refractivity contribution in [3.8, 4) is 5.75 Å². The number of halogens is 1. The van der Waals surface area contributed by atoms with Crippen molar-refractivity contribution in [2.24, 2.45) is 5.92 Å². The molecule has 1 unspecified atom stereocenters. The van der Waals surface area contributed by atoms with E-state index in [-0.39, 0.29) is 5.82 Å². The van der Waals surface area contributed by atoms with E-state index in [9.17, 15) is 4.39 Å². The zero-order valence-electron chi connectivity index (χ0n) is 11.9. The fourth-order valence-corrected chi connectivity index (χ4v) is 2.55. The largest absolute Gasteiger partial charge is 0.494 e. The number of rotatable bonds is 8. The first-order valence-electron chi connectivity index (χ1n) is 7.31. The molecule has 1 atom stereocenters. The predicted molar refractivity (Wildman–Crippen MR) is 76.1 cm³/mol. The van der Waals surface area contributed by atoms with Crippen LogP contribution in [0.2, 0.25) is 0 Å². The molecular formula is C16H24FNO. The van der Waals surface area contributed by atoms with Gasteiger partial charge in [-0.15, -0.1) is 0 Å². The second-order valence-corrected chi connectivity index (χ2v) is 5.37. The lowest BCUT2D eigenvalue weighted by molar-refractivity contribution is 0.381. The Balaban J connectivity index is 1.92. The van der Waals surface area contributed by atoms with Crippen molar-refractivity contribution >= 4 is 0 Å². The Kier molecular flexibility index (Phi) is 5.20. The Morgan fingerprint density at radius 3 is 2.84 bits per heavy atom. The molecule has 0 aromatic heterocycles. The van der Waals surface area contributed by atoms with Crippen LogP contribution in [0.15, 0.2) is 18.2 Å². The highest BCUT2D eigenvalue weighted by atomic mass is 19.1. The summed E-state index contributed by atoms with van der Waals surface area (Å²) in [4.78, 5) is 0. The Bertz CT molecular complexity index is 404. The summed E-state index contributed by atoms with van der Waals surface area (Å²) >= 11 is 0. The number of hydrogen-bond donors (Lipinski definition) is 1. The topological polar surface area (TPSA) is 21.3 Å². The highest BCUT2D eigenvalue weighted by Gasteiger charge is 2.30. The van der Waals surface area contributed by atoms with Crippen LogP contribution in [0.5, 0.6) is 5.75 Å². The molecule has 106 valence electrons. The van der Waals surface area contributed by atoms with Gasteiger partial charge in [-0.1, -0.05) is 19.1 Å². The summed E-state index contributed by atoms with van der Waals surface area (Å²) in [5.41, 5.74) is 0.767. The highest BCUT2D eigenvalue weighted by Crippen LogP contribution is 2.35. The molecule has 1 fully saturated rings. The summed E-state index contributed by atoms with van der Waals surface area (Å²) in [5.74, 6) is 0.956. The predicted octanol–water partition coefficient (Wildman–Crippen LogP) is 3.55. The van der Waals surface area contributed by atoms with Gasteiger partial charge in [0.05, 0.1) is 7.11 Å². The Morgan fingerprint density at radius 1 is 1.42 bits per heavy atom. The summed E-state index contributed by atoms with van der Waals surface area (Å²) in [5, 5.41) is 3.60. The molecule has 3 heteroatoms. The van der Waals surface area contributed by atoms with Crippen LogP contribution in [0.3, 0.4) is 0 Å². The zero-order valence-corrected chi connectivity index (χ0v) is 11.9. The second-order valence-electron chi connectivity index (χ2n) is 5.37. The highest BCUT2D eigenvalue weighted by molar-refractivity contribution is 5.31. The van der Waals surface area contributed by atoms with Crippen LogP contribution in [0.4, 0.5) is 4.39 Å². The van der Waals surface area contributed by atoms with E-state index < -0.39 is 0 Å². The zero-order chi connectivity index (χ0) is 13.7. The van der Waals surface area contributed by atoms with Crippen molar-refractivity contribution in [2.45, 2.75) is 45.1 Å². The normalized spacial score (nSPS) is 16.4. The van der Waals surface area contributed by atoms with E-state index >= 15 is 0 Å². The Labute approximate surface area is 115 Å². The van der Waals surface area contributed by atoms with Gasteiger partial charge >= 0.3 is 0 Å². The minimum atomic E-state index is -0.199. The third-order valence-electron chi connectivity index (χ3n) is 3.84. The standard InChI is InChI=1S/C16H24FNO/c1-3-11-18-14(12-7-8-12)10-9-13-5-4-6-15(19-2)16(13)17/h4-6,12,14,18H,3,7-11H2,1-2H3. The van der Waals surface area contributed by atoms with Gasteiger partial charge < -0.3 is 10.1 Å². The molecule has 0 saturated heterocycles. The van der Waals surface area contributed by atoms with Gasteiger partial charge in [-0.05, 0) is 56.2 Å². The molecule has 1 N–H and O–H groups in total. The first-order valence-corrected chi connectivity index (χ1v) is 7.31. The smallest absolute Gasteiger partial charge is 0.168 e. The van der Waals surface area contributed by atoms with Gasteiger partial charge in [-0.3, -0.25) is 0 Å². The van der Waals surface area contributed by atoms with Crippen LogP contribution in [-0.2, 0) is 6.42 Å². The molecule has 1 aliphatic rings. The molecule has 2 nitrogen and oxygen atoms in total. The third-order valence-corrected chi connectivity index (χ3v) is 3.84. The average molecular weight is 265 g/mol. The Hall–Kier alpha value is -1.09. The number of aryl methyl sites for hydroxylation is 1. The molecule has 1 aromatic carbocycles. The molecule has 1 aromatic rings. The lowest BCUT2D eigenvalue weighted by Crippen LogP contribution is -2.32. The summed E-state index contributed by atoms with van der Waals surface area (Å²) in [6.07, 6.45) is 5.58. The molecule has 0 bridgehead atoms. The lowest BCUT2D eigenvalue weighted by atomic mass is 10.0. The monoisotopic (exact) mass is 265 g/mol. The molecule has 1 aliphatic carbocycles. The van der Waals surface area contributed by atoms with E-state index in [1.54, 1.807) is 6.07 Å². The van der Waals surface area contributed by atoms with Crippen LogP contribution in [0.25, 0.3) is 0 Å². The molecule has 2 rings (SSSR count). The third kappa shape index (κ3) is 3.93. The van der Waals surface area contributed by atoms with E-state index in [1.165, 1.54) is 20.0 Å². The maximum absolute atomic E-state index is 14.0. The lowest BCUT2D eigenvalue weighted by Gasteiger charge is -2.18. The minimum absolute atomic E-state index is 0.199. The summed E-state index contributed by atoms with van der Waals surface area (Å²) in [6, 6.07) is 5.95. The quantitative estimate of drug-likeness (QED) is 0.776. The van der Waals surface area contributed by atoms with Gasteiger partial charge in [0.1, 0.15) is 0 Å². The fraction of sp³-hybridized carbons (Fsp3) is 0.625. The van der Waals surface area contributed by atoms with Gasteiger partial charge in [0, 0.05) is 6.04 Å². The number of hydrogen-bond acceptors (Lipinski definition) is 2. The summed E-state index contributed by atoms with van der Waals surface area (Å²) in [6.45, 7) is 3.24. The van der Waals surface area contributed by atoms with E-state index in [1.807, 2.05) is 12.1 Å². The summed E-state index contributed by atoms with van der Waals surface area (Å²) in [7, 11) is 1.51. The van der Waals surface area contributed by atoms with Crippen LogP contribution < -0.4 is 10.1 Å². The molecule has 0 aliphatic heterocycles. The fourth-order valence-electron chi connectivity index (χ4n) is 2.55. The van der Waals surface area contributed by atoms with Crippen molar-refractivity contribution in [1.29, 1.82) is 0 Å². The average Bonchev–Trinajstić information content (AvgIpc) is 3.25. The molecule has 0 heterocycles. The van der Waals surface area contributed by atoms with E-state index in [0.717, 1.165) is 37.3 Å². The van der Waals surface area contributed by atoms with Gasteiger partial charge in [0.2, 0.25) is 0 Å². The van der Waals surface area contributed by atoms with E-state index in [4.69, 9.17) is 4.74 Å². The van der Waals surface area contributed by atoms with Gasteiger partial charge in [0.15, 0.2) is 11.6 Å². The van der Waals surface area contributed by atoms with E-state index in [0.29, 0.717) is 11.8 Å². The van der Waals surface area contributed by atoms with Crippen molar-refractivity contribution < 1.29 is 9.13 Å². The second kappa shape index (κ2) is 6.90. The van der Waals surface area contributed by atoms with E-state index in [2.05, 4.69) is 12.2 Å².